The molecule has 0 heterocycles. The molecule has 0 aromatic heterocycles. The van der Waals surface area contributed by atoms with Crippen LogP contribution >= 0.6 is 0 Å². The molecule has 5 aromatic carbocycles. The van der Waals surface area contributed by atoms with Crippen molar-refractivity contribution >= 4 is 5.91 Å². The number of rotatable bonds is 6. The lowest BCUT2D eigenvalue weighted by Gasteiger charge is -2.37. The normalized spacial score (nSPS) is 12.9. The second-order valence-electron chi connectivity index (χ2n) is 10.6. The molecule has 0 aliphatic carbocycles. The Morgan fingerprint density at radius 1 is 0.596 bits per heavy atom. The molecule has 0 aliphatic heterocycles. The fourth-order valence-corrected chi connectivity index (χ4v) is 5.11. The molecule has 1 atom stereocenters. The average Bonchev–Trinajstić information content (AvgIpc) is 3.03. The Hall–Kier alpha value is -5.43. The zero-order chi connectivity index (χ0) is 33.8. The Labute approximate surface area is 264 Å². The number of amides is 1. The fraction of sp³-hybridized carbons (Fsp3) is 0.108. The quantitative estimate of drug-likeness (QED) is 0.144. The molecule has 1 N–H and O–H groups in total. The van der Waals surface area contributed by atoms with Crippen LogP contribution in [-0.4, -0.2) is 5.91 Å². The second kappa shape index (κ2) is 13.1. The zero-order valence-corrected chi connectivity index (χ0v) is 24.2. The summed E-state index contributed by atoms with van der Waals surface area (Å²) in [4.78, 5) is 13.7. The third kappa shape index (κ3) is 7.69. The van der Waals surface area contributed by atoms with Crippen LogP contribution in [0.2, 0.25) is 0 Å². The Kier molecular flexibility index (Phi) is 9.20. The van der Waals surface area contributed by atoms with Gasteiger partial charge >= 0.3 is 12.4 Å². The minimum atomic E-state index is -5.14. The van der Waals surface area contributed by atoms with Crippen LogP contribution in [0.5, 0.6) is 0 Å². The van der Waals surface area contributed by atoms with Crippen LogP contribution in [-0.2, 0) is 24.3 Å². The van der Waals surface area contributed by atoms with Gasteiger partial charge in [0.25, 0.3) is 5.91 Å². The van der Waals surface area contributed by atoms with E-state index in [1.54, 1.807) is 66.7 Å². The molecule has 0 saturated heterocycles. The number of hydrogen-bond donors (Lipinski definition) is 1. The summed E-state index contributed by atoms with van der Waals surface area (Å²) in [7, 11) is 0. The monoisotopic (exact) mass is 649 g/mol. The fourth-order valence-electron chi connectivity index (χ4n) is 5.11. The van der Waals surface area contributed by atoms with Gasteiger partial charge in [0.2, 0.25) is 0 Å². The Balaban J connectivity index is 1.71. The van der Waals surface area contributed by atoms with Gasteiger partial charge in [0.15, 0.2) is 0 Å². The van der Waals surface area contributed by atoms with E-state index in [0.717, 1.165) is 17.7 Å². The zero-order valence-electron chi connectivity index (χ0n) is 24.2. The van der Waals surface area contributed by atoms with Crippen LogP contribution in [0.4, 0.5) is 35.1 Å². The molecular formula is C37H23F8NO. The van der Waals surface area contributed by atoms with E-state index in [1.807, 2.05) is 6.07 Å². The molecule has 238 valence electrons. The van der Waals surface area contributed by atoms with Gasteiger partial charge in [0.05, 0.1) is 16.7 Å². The summed E-state index contributed by atoms with van der Waals surface area (Å²) in [6, 6.07) is 26.8. The maximum Gasteiger partial charge on any atom is 0.419 e. The van der Waals surface area contributed by atoms with E-state index >= 15 is 0 Å². The third-order valence-corrected chi connectivity index (χ3v) is 7.39. The first-order chi connectivity index (χ1) is 22.2. The molecule has 0 fully saturated rings. The summed E-state index contributed by atoms with van der Waals surface area (Å²) < 4.78 is 111. The van der Waals surface area contributed by atoms with Crippen molar-refractivity contribution in [1.82, 2.24) is 5.32 Å². The minimum absolute atomic E-state index is 0.178. The van der Waals surface area contributed by atoms with Gasteiger partial charge in [-0.3, -0.25) is 4.79 Å². The molecule has 0 spiro atoms. The number of benzene rings is 5. The highest BCUT2D eigenvalue weighted by atomic mass is 19.4. The van der Waals surface area contributed by atoms with Crippen molar-refractivity contribution in [3.8, 4) is 11.8 Å². The van der Waals surface area contributed by atoms with Gasteiger partial charge in [-0.05, 0) is 77.4 Å². The van der Waals surface area contributed by atoms with Gasteiger partial charge in [-0.2, -0.15) is 26.3 Å². The van der Waals surface area contributed by atoms with Gasteiger partial charge in [-0.15, -0.1) is 0 Å². The van der Waals surface area contributed by atoms with Crippen molar-refractivity contribution in [3.63, 3.8) is 0 Å². The number of nitrogens with one attached hydrogen (secondary N) is 1. The van der Waals surface area contributed by atoms with E-state index < -0.39 is 52.1 Å². The largest absolute Gasteiger partial charge is 0.419 e. The molecule has 10 heteroatoms. The van der Waals surface area contributed by atoms with Gasteiger partial charge in [-0.25, -0.2) is 8.78 Å². The van der Waals surface area contributed by atoms with Crippen molar-refractivity contribution in [2.24, 2.45) is 0 Å². The van der Waals surface area contributed by atoms with E-state index in [9.17, 15) is 39.9 Å². The van der Waals surface area contributed by atoms with Gasteiger partial charge in [0.1, 0.15) is 11.6 Å². The molecule has 47 heavy (non-hydrogen) atoms. The first-order valence-corrected chi connectivity index (χ1v) is 14.0. The lowest BCUT2D eigenvalue weighted by atomic mass is 9.77. The molecule has 0 bridgehead atoms. The molecule has 0 saturated carbocycles. The highest BCUT2D eigenvalue weighted by Gasteiger charge is 2.41. The van der Waals surface area contributed by atoms with E-state index in [2.05, 4.69) is 17.2 Å². The molecule has 0 radical (unpaired) electrons. The maximum absolute atomic E-state index is 15.0. The number of hydrogen-bond acceptors (Lipinski definition) is 1. The molecule has 0 aliphatic rings. The number of alkyl halides is 6. The van der Waals surface area contributed by atoms with Crippen LogP contribution in [0.25, 0.3) is 0 Å². The molecule has 2 nitrogen and oxygen atoms in total. The van der Waals surface area contributed by atoms with Crippen LogP contribution < -0.4 is 5.32 Å². The average molecular weight is 650 g/mol. The SMILES string of the molecule is O=C(NC(Cc1ccccc1)(c1ccc(C#Cc2ccccc2)cc1)c1cc(F)cc(C(F)(F)F)c1)c1ccc(F)c(C(F)(F)F)c1. The first kappa shape index (κ1) is 32.9. The van der Waals surface area contributed by atoms with Crippen LogP contribution in [0.3, 0.4) is 0 Å². The number of halogens is 8. The highest BCUT2D eigenvalue weighted by molar-refractivity contribution is 5.95. The molecule has 5 aromatic rings. The minimum Gasteiger partial charge on any atom is -0.338 e. The topological polar surface area (TPSA) is 29.1 Å². The van der Waals surface area contributed by atoms with Crippen molar-refractivity contribution in [2.75, 3.05) is 0 Å². The number of carbonyl (C=O) groups excluding carboxylic acids is 1. The van der Waals surface area contributed by atoms with Gasteiger partial charge in [0, 0.05) is 23.1 Å². The number of carbonyl (C=O) groups is 1. The van der Waals surface area contributed by atoms with Crippen LogP contribution in [0.1, 0.15) is 49.3 Å². The molecule has 1 unspecified atom stereocenters. The van der Waals surface area contributed by atoms with Gasteiger partial charge < -0.3 is 5.32 Å². The Bertz CT molecular complexity index is 1940. The molecule has 1 amide bonds. The summed E-state index contributed by atoms with van der Waals surface area (Å²) in [6.07, 6.45) is -10.4. The van der Waals surface area contributed by atoms with Crippen molar-refractivity contribution in [2.45, 2.75) is 24.3 Å². The third-order valence-electron chi connectivity index (χ3n) is 7.39. The van der Waals surface area contributed by atoms with Crippen molar-refractivity contribution in [3.05, 3.63) is 177 Å². The van der Waals surface area contributed by atoms with E-state index in [1.165, 1.54) is 12.1 Å². The van der Waals surface area contributed by atoms with Crippen LogP contribution in [0, 0.1) is 23.5 Å². The second-order valence-corrected chi connectivity index (χ2v) is 10.6. The van der Waals surface area contributed by atoms with Crippen LogP contribution in [0.15, 0.2) is 121 Å². The van der Waals surface area contributed by atoms with E-state index in [0.29, 0.717) is 35.4 Å². The summed E-state index contributed by atoms with van der Waals surface area (Å²) in [6.45, 7) is 0. The summed E-state index contributed by atoms with van der Waals surface area (Å²) in [5.41, 5.74) is -4.07. The van der Waals surface area contributed by atoms with Crippen molar-refractivity contribution < 1.29 is 39.9 Å². The Morgan fingerprint density at radius 3 is 1.77 bits per heavy atom. The maximum atomic E-state index is 15.0. The summed E-state index contributed by atoms with van der Waals surface area (Å²) >= 11 is 0. The lowest BCUT2D eigenvalue weighted by Crippen LogP contribution is -2.49. The molecular weight excluding hydrogens is 626 g/mol. The summed E-state index contributed by atoms with van der Waals surface area (Å²) in [5.74, 6) is 1.91. The standard InChI is InChI=1S/C37H23F8NO/c38-31-21-29(20-30(22-31)36(40,41)42)35(23-26-9-5-2-6-10-26,46-34(47)27-15-18-33(39)32(19-27)37(43,44)45)28-16-13-25(14-17-28)12-11-24-7-3-1-4-8-24/h1-10,13-22H,23H2,(H,46,47). The smallest absolute Gasteiger partial charge is 0.338 e. The Morgan fingerprint density at radius 2 is 1.17 bits per heavy atom. The predicted molar refractivity (Wildman–Crippen MR) is 160 cm³/mol. The summed E-state index contributed by atoms with van der Waals surface area (Å²) in [5, 5.41) is 2.61. The lowest BCUT2D eigenvalue weighted by molar-refractivity contribution is -0.140. The predicted octanol–water partition coefficient (Wildman–Crippen LogP) is 9.32. The van der Waals surface area contributed by atoms with E-state index in [4.69, 9.17) is 0 Å². The van der Waals surface area contributed by atoms with Crippen molar-refractivity contribution in [1.29, 1.82) is 0 Å². The first-order valence-electron chi connectivity index (χ1n) is 14.0. The molecule has 5 rings (SSSR count). The van der Waals surface area contributed by atoms with E-state index in [-0.39, 0.29) is 17.5 Å². The highest BCUT2D eigenvalue weighted by Crippen LogP contribution is 2.39. The van der Waals surface area contributed by atoms with Gasteiger partial charge in [-0.1, -0.05) is 72.5 Å².